The molecule has 0 bridgehead atoms. The highest BCUT2D eigenvalue weighted by atomic mass is 35.5. The van der Waals surface area contributed by atoms with Gasteiger partial charge in [0.05, 0.1) is 5.69 Å². The molecule has 0 saturated carbocycles. The number of carbonyl (C=O) groups is 2. The van der Waals surface area contributed by atoms with E-state index >= 15 is 0 Å². The zero-order valence-corrected chi connectivity index (χ0v) is 27.8. The van der Waals surface area contributed by atoms with Crippen LogP contribution in [0.1, 0.15) is 42.5 Å². The van der Waals surface area contributed by atoms with Crippen LogP contribution in [0.4, 0.5) is 5.69 Å². The van der Waals surface area contributed by atoms with Gasteiger partial charge in [-0.1, -0.05) is 78.7 Å². The van der Waals surface area contributed by atoms with Crippen molar-refractivity contribution in [2.45, 2.75) is 59.2 Å². The Morgan fingerprint density at radius 1 is 0.930 bits per heavy atom. The molecule has 2 atom stereocenters. The molecule has 11 heteroatoms. The number of aryl methyl sites for hydroxylation is 2. The van der Waals surface area contributed by atoms with Gasteiger partial charge in [-0.3, -0.25) is 9.59 Å². The van der Waals surface area contributed by atoms with E-state index < -0.39 is 28.7 Å². The van der Waals surface area contributed by atoms with E-state index in [9.17, 15) is 18.0 Å². The quantitative estimate of drug-likeness (QED) is 0.255. The summed E-state index contributed by atoms with van der Waals surface area (Å²) in [5.74, 6) is -0.939. The van der Waals surface area contributed by atoms with Crippen LogP contribution in [0, 0.1) is 13.8 Å². The van der Waals surface area contributed by atoms with E-state index in [-0.39, 0.29) is 24.9 Å². The van der Waals surface area contributed by atoms with Crippen molar-refractivity contribution in [2.24, 2.45) is 0 Å². The molecular weight excluding hydrogens is 607 g/mol. The van der Waals surface area contributed by atoms with Gasteiger partial charge in [0.2, 0.25) is 11.8 Å². The first-order valence-corrected chi connectivity index (χ1v) is 16.3. The van der Waals surface area contributed by atoms with Crippen LogP contribution in [-0.4, -0.2) is 62.2 Å². The number of carbonyl (C=O) groups excluding carboxylic acids is 2. The number of halogens is 2. The van der Waals surface area contributed by atoms with Gasteiger partial charge in [-0.2, -0.15) is 12.7 Å². The number of nitrogens with zero attached hydrogens (tertiary/aromatic N) is 3. The highest BCUT2D eigenvalue weighted by Gasteiger charge is 2.36. The van der Waals surface area contributed by atoms with Crippen molar-refractivity contribution in [1.29, 1.82) is 0 Å². The predicted octanol–water partition coefficient (Wildman–Crippen LogP) is 5.78. The smallest absolute Gasteiger partial charge is 0.304 e. The summed E-state index contributed by atoms with van der Waals surface area (Å²) in [5, 5.41) is 3.68. The Kier molecular flexibility index (Phi) is 12.0. The third kappa shape index (κ3) is 8.72. The second-order valence-electron chi connectivity index (χ2n) is 10.8. The summed E-state index contributed by atoms with van der Waals surface area (Å²) >= 11 is 13.1. The zero-order valence-electron chi connectivity index (χ0n) is 25.5. The molecule has 1 N–H and O–H groups in total. The molecule has 3 rings (SSSR count). The van der Waals surface area contributed by atoms with E-state index in [1.165, 1.54) is 19.0 Å². The van der Waals surface area contributed by atoms with E-state index in [2.05, 4.69) is 5.32 Å². The van der Waals surface area contributed by atoms with Crippen molar-refractivity contribution in [3.05, 3.63) is 99.0 Å². The summed E-state index contributed by atoms with van der Waals surface area (Å²) in [4.78, 5) is 29.7. The average Bonchev–Trinajstić information content (AvgIpc) is 2.96. The molecule has 8 nitrogen and oxygen atoms in total. The number of benzene rings is 3. The molecular formula is C32H40Cl2N4O4S. The summed E-state index contributed by atoms with van der Waals surface area (Å²) in [6, 6.07) is 18.7. The number of hydrogen-bond donors (Lipinski definition) is 1. The fraction of sp³-hybridized carbons (Fsp3) is 0.375. The van der Waals surface area contributed by atoms with Crippen LogP contribution < -0.4 is 9.62 Å². The van der Waals surface area contributed by atoms with Crippen molar-refractivity contribution in [3.8, 4) is 0 Å². The van der Waals surface area contributed by atoms with Gasteiger partial charge in [0, 0.05) is 48.7 Å². The maximum atomic E-state index is 14.4. The van der Waals surface area contributed by atoms with Crippen LogP contribution in [0.2, 0.25) is 10.0 Å². The minimum absolute atomic E-state index is 0.106. The largest absolute Gasteiger partial charge is 0.352 e. The molecule has 0 aromatic heterocycles. The maximum Gasteiger partial charge on any atom is 0.304 e. The minimum Gasteiger partial charge on any atom is -0.352 e. The molecule has 2 unspecified atom stereocenters. The molecule has 0 radical (unpaired) electrons. The second kappa shape index (κ2) is 15.1. The Bertz CT molecular complexity index is 1510. The molecule has 0 aliphatic rings. The van der Waals surface area contributed by atoms with Crippen LogP contribution in [0.15, 0.2) is 66.7 Å². The molecule has 43 heavy (non-hydrogen) atoms. The van der Waals surface area contributed by atoms with Crippen LogP contribution >= 0.6 is 23.2 Å². The Balaban J connectivity index is 2.18. The first-order chi connectivity index (χ1) is 20.3. The third-order valence-corrected chi connectivity index (χ3v) is 9.83. The van der Waals surface area contributed by atoms with Gasteiger partial charge in [-0.15, -0.1) is 0 Å². The third-order valence-electron chi connectivity index (χ3n) is 7.31. The summed E-state index contributed by atoms with van der Waals surface area (Å²) in [6.07, 6.45) is 0.885. The van der Waals surface area contributed by atoms with Crippen molar-refractivity contribution in [2.75, 3.05) is 24.9 Å². The van der Waals surface area contributed by atoms with E-state index in [0.29, 0.717) is 33.3 Å². The monoisotopic (exact) mass is 646 g/mol. The molecule has 3 aromatic rings. The van der Waals surface area contributed by atoms with Crippen molar-refractivity contribution in [3.63, 3.8) is 0 Å². The lowest BCUT2D eigenvalue weighted by Gasteiger charge is -2.35. The summed E-state index contributed by atoms with van der Waals surface area (Å²) < 4.78 is 29.5. The number of rotatable bonds is 13. The number of hydrogen-bond acceptors (Lipinski definition) is 4. The van der Waals surface area contributed by atoms with E-state index in [1.807, 2.05) is 63.2 Å². The Morgan fingerprint density at radius 2 is 1.56 bits per heavy atom. The molecule has 0 fully saturated rings. The van der Waals surface area contributed by atoms with Gasteiger partial charge in [-0.25, -0.2) is 4.31 Å². The highest BCUT2D eigenvalue weighted by molar-refractivity contribution is 7.90. The lowest BCUT2D eigenvalue weighted by Crippen LogP contribution is -2.55. The number of nitrogens with one attached hydrogen (secondary N) is 1. The first-order valence-electron chi connectivity index (χ1n) is 14.1. The van der Waals surface area contributed by atoms with Crippen LogP contribution in [0.25, 0.3) is 0 Å². The van der Waals surface area contributed by atoms with Gasteiger partial charge in [-0.05, 0) is 62.1 Å². The van der Waals surface area contributed by atoms with Crippen molar-refractivity contribution in [1.82, 2.24) is 14.5 Å². The number of anilines is 1. The summed E-state index contributed by atoms with van der Waals surface area (Å²) in [7, 11) is -1.28. The molecule has 0 aliphatic heterocycles. The van der Waals surface area contributed by atoms with Gasteiger partial charge in [0.15, 0.2) is 0 Å². The van der Waals surface area contributed by atoms with Gasteiger partial charge in [0.1, 0.15) is 12.6 Å². The van der Waals surface area contributed by atoms with Crippen molar-refractivity contribution < 1.29 is 18.0 Å². The van der Waals surface area contributed by atoms with E-state index in [0.717, 1.165) is 19.7 Å². The van der Waals surface area contributed by atoms with E-state index in [4.69, 9.17) is 23.2 Å². The Hall–Kier alpha value is -3.11. The second-order valence-corrected chi connectivity index (χ2v) is 13.7. The molecule has 3 aromatic carbocycles. The van der Waals surface area contributed by atoms with Gasteiger partial charge in [0.25, 0.3) is 0 Å². The van der Waals surface area contributed by atoms with Gasteiger partial charge < -0.3 is 10.2 Å². The first kappa shape index (κ1) is 34.4. The molecule has 232 valence electrons. The minimum atomic E-state index is -4.11. The molecule has 2 amide bonds. The lowest BCUT2D eigenvalue weighted by molar-refractivity contribution is -0.140. The van der Waals surface area contributed by atoms with Crippen LogP contribution in [0.3, 0.4) is 0 Å². The van der Waals surface area contributed by atoms with Crippen LogP contribution in [-0.2, 0) is 32.8 Å². The SMILES string of the molecule is CCC(C)NC(=O)C(Cc1ccccc1)N(Cc1c(Cl)cccc1Cl)C(=O)CN(c1cc(C)ccc1C)S(=O)(=O)N(C)C. The maximum absolute atomic E-state index is 14.4. The molecule has 0 saturated heterocycles. The average molecular weight is 648 g/mol. The highest BCUT2D eigenvalue weighted by Crippen LogP contribution is 2.29. The van der Waals surface area contributed by atoms with Crippen LogP contribution in [0.5, 0.6) is 0 Å². The molecule has 0 spiro atoms. The standard InChI is InChI=1S/C32H40Cl2N4O4S/c1-7-24(4)35-32(40)30(19-25-12-9-8-10-13-25)37(20-26-27(33)14-11-15-28(26)34)31(39)21-38(43(41,42)36(5)6)29-18-22(2)16-17-23(29)3/h8-18,24,30H,7,19-21H2,1-6H3,(H,35,40). The fourth-order valence-corrected chi connectivity index (χ4v) is 6.17. The van der Waals surface area contributed by atoms with Gasteiger partial charge >= 0.3 is 10.2 Å². The van der Waals surface area contributed by atoms with E-state index in [1.54, 1.807) is 31.2 Å². The summed E-state index contributed by atoms with van der Waals surface area (Å²) in [6.45, 7) is 6.83. The Labute approximate surface area is 265 Å². The summed E-state index contributed by atoms with van der Waals surface area (Å²) in [5.41, 5.74) is 3.19. The Morgan fingerprint density at radius 3 is 2.14 bits per heavy atom. The topological polar surface area (TPSA) is 90.0 Å². The normalized spacial score (nSPS) is 13.0. The molecule has 0 aliphatic carbocycles. The number of amides is 2. The fourth-order valence-electron chi connectivity index (χ4n) is 4.54. The van der Waals surface area contributed by atoms with Crippen molar-refractivity contribution >= 4 is 50.9 Å². The predicted molar refractivity (Wildman–Crippen MR) is 175 cm³/mol. The molecule has 0 heterocycles. The zero-order chi connectivity index (χ0) is 31.9. The lowest BCUT2D eigenvalue weighted by atomic mass is 10.0.